The molecule has 4 N–H and O–H groups in total. The first kappa shape index (κ1) is 20.3. The van der Waals surface area contributed by atoms with Crippen molar-refractivity contribution in [2.75, 3.05) is 26.1 Å². The molecule has 1 saturated heterocycles. The SMILES string of the molecule is COc1ccc(OC)c(CNc2ncnc3c2ncn3C2O[C@H](CO)[C@@H](O)[C@H]2O)c1. The first-order valence-electron chi connectivity index (χ1n) is 9.32. The third kappa shape index (κ3) is 3.52. The van der Waals surface area contributed by atoms with Crippen molar-refractivity contribution in [2.24, 2.45) is 0 Å². The lowest BCUT2D eigenvalue weighted by Gasteiger charge is -2.16. The lowest BCUT2D eigenvalue weighted by atomic mass is 10.1. The topological polar surface area (TPSA) is 144 Å². The largest absolute Gasteiger partial charge is 0.497 e. The van der Waals surface area contributed by atoms with Crippen molar-refractivity contribution in [3.63, 3.8) is 0 Å². The maximum absolute atomic E-state index is 10.3. The molecule has 1 fully saturated rings. The number of nitrogens with one attached hydrogen (secondary N) is 1. The first-order chi connectivity index (χ1) is 14.6. The number of aliphatic hydroxyl groups excluding tert-OH is 3. The molecule has 4 atom stereocenters. The van der Waals surface area contributed by atoms with E-state index in [0.29, 0.717) is 35.0 Å². The summed E-state index contributed by atoms with van der Waals surface area (Å²) >= 11 is 0. The minimum absolute atomic E-state index is 0.396. The van der Waals surface area contributed by atoms with E-state index < -0.39 is 31.1 Å². The minimum Gasteiger partial charge on any atom is -0.497 e. The van der Waals surface area contributed by atoms with Crippen LogP contribution in [0.1, 0.15) is 11.8 Å². The Morgan fingerprint density at radius 2 is 1.97 bits per heavy atom. The van der Waals surface area contributed by atoms with Crippen LogP contribution in [0, 0.1) is 0 Å². The average Bonchev–Trinajstić information content (AvgIpc) is 3.33. The maximum Gasteiger partial charge on any atom is 0.167 e. The summed E-state index contributed by atoms with van der Waals surface area (Å²) in [6.45, 7) is -0.0152. The number of ether oxygens (including phenoxy) is 3. The molecule has 0 radical (unpaired) electrons. The van der Waals surface area contributed by atoms with Crippen LogP contribution in [0.5, 0.6) is 11.5 Å². The van der Waals surface area contributed by atoms with Crippen LogP contribution in [0.25, 0.3) is 11.2 Å². The second-order valence-electron chi connectivity index (χ2n) is 6.81. The summed E-state index contributed by atoms with van der Waals surface area (Å²) in [6.07, 6.45) is -1.43. The molecular weight excluding hydrogens is 394 g/mol. The third-order valence-electron chi connectivity index (χ3n) is 5.08. The molecule has 160 valence electrons. The van der Waals surface area contributed by atoms with E-state index >= 15 is 0 Å². The fourth-order valence-corrected chi connectivity index (χ4v) is 3.48. The van der Waals surface area contributed by atoms with Crippen molar-refractivity contribution in [1.82, 2.24) is 19.5 Å². The number of benzene rings is 1. The molecule has 1 aliphatic rings. The molecule has 1 aromatic carbocycles. The quantitative estimate of drug-likeness (QED) is 0.417. The Hall–Kier alpha value is -2.99. The van der Waals surface area contributed by atoms with Gasteiger partial charge >= 0.3 is 0 Å². The summed E-state index contributed by atoms with van der Waals surface area (Å²) in [6, 6.07) is 5.50. The first-order valence-corrected chi connectivity index (χ1v) is 9.32. The zero-order valence-corrected chi connectivity index (χ0v) is 16.5. The fourth-order valence-electron chi connectivity index (χ4n) is 3.48. The normalized spacial score (nSPS) is 23.6. The molecule has 3 heterocycles. The van der Waals surface area contributed by atoms with Crippen molar-refractivity contribution in [1.29, 1.82) is 0 Å². The average molecular weight is 417 g/mol. The predicted molar refractivity (Wildman–Crippen MR) is 105 cm³/mol. The highest BCUT2D eigenvalue weighted by atomic mass is 16.6. The predicted octanol–water partition coefficient (Wildman–Crippen LogP) is 0.0671. The molecule has 0 amide bonds. The monoisotopic (exact) mass is 417 g/mol. The lowest BCUT2D eigenvalue weighted by molar-refractivity contribution is -0.0511. The highest BCUT2D eigenvalue weighted by molar-refractivity contribution is 5.82. The van der Waals surface area contributed by atoms with Gasteiger partial charge in [0, 0.05) is 12.1 Å². The van der Waals surface area contributed by atoms with Crippen molar-refractivity contribution < 1.29 is 29.5 Å². The third-order valence-corrected chi connectivity index (χ3v) is 5.08. The number of nitrogens with zero attached hydrogens (tertiary/aromatic N) is 4. The highest BCUT2D eigenvalue weighted by Gasteiger charge is 2.44. The molecule has 4 rings (SSSR count). The standard InChI is InChI=1S/C19H23N5O6/c1-28-11-3-4-12(29-2)10(5-11)6-20-17-14-18(22-8-21-17)24(9-23-14)19-16(27)15(26)13(7-25)30-19/h3-5,8-9,13,15-16,19,25-27H,6-7H2,1-2H3,(H,20,21,22)/t13-,15-,16-,19?/m1/s1. The molecule has 11 nitrogen and oxygen atoms in total. The molecule has 1 unspecified atom stereocenters. The van der Waals surface area contributed by atoms with Crippen molar-refractivity contribution >= 4 is 17.0 Å². The molecule has 0 saturated carbocycles. The van der Waals surface area contributed by atoms with Gasteiger partial charge in [0.05, 0.1) is 27.2 Å². The zero-order valence-electron chi connectivity index (χ0n) is 16.5. The minimum atomic E-state index is -1.23. The van der Waals surface area contributed by atoms with Crippen LogP contribution in [-0.4, -0.2) is 74.0 Å². The van der Waals surface area contributed by atoms with E-state index in [9.17, 15) is 15.3 Å². The van der Waals surface area contributed by atoms with Gasteiger partial charge in [-0.2, -0.15) is 0 Å². The number of hydrogen-bond donors (Lipinski definition) is 4. The van der Waals surface area contributed by atoms with Gasteiger partial charge in [0.25, 0.3) is 0 Å². The molecule has 3 aromatic rings. The fraction of sp³-hybridized carbons (Fsp3) is 0.421. The van der Waals surface area contributed by atoms with E-state index in [0.717, 1.165) is 5.56 Å². The number of imidazole rings is 1. The summed E-state index contributed by atoms with van der Waals surface area (Å²) in [4.78, 5) is 12.9. The summed E-state index contributed by atoms with van der Waals surface area (Å²) in [5.41, 5.74) is 1.75. The summed E-state index contributed by atoms with van der Waals surface area (Å²) in [5, 5.41) is 32.8. The van der Waals surface area contributed by atoms with Gasteiger partial charge in [-0.15, -0.1) is 0 Å². The van der Waals surface area contributed by atoms with Gasteiger partial charge in [-0.05, 0) is 18.2 Å². The zero-order chi connectivity index (χ0) is 21.3. The number of fused-ring (bicyclic) bond motifs is 1. The van der Waals surface area contributed by atoms with E-state index in [-0.39, 0.29) is 0 Å². The Bertz CT molecular complexity index is 1030. The number of anilines is 1. The van der Waals surface area contributed by atoms with E-state index in [2.05, 4.69) is 20.3 Å². The van der Waals surface area contributed by atoms with E-state index in [1.54, 1.807) is 14.2 Å². The number of rotatable bonds is 7. The highest BCUT2D eigenvalue weighted by Crippen LogP contribution is 2.32. The second-order valence-corrected chi connectivity index (χ2v) is 6.81. The Kier molecular flexibility index (Phi) is 5.68. The molecule has 1 aliphatic heterocycles. The van der Waals surface area contributed by atoms with Crippen molar-refractivity contribution in [3.8, 4) is 11.5 Å². The maximum atomic E-state index is 10.3. The Morgan fingerprint density at radius 3 is 2.67 bits per heavy atom. The van der Waals surface area contributed by atoms with Crippen molar-refractivity contribution in [3.05, 3.63) is 36.4 Å². The molecule has 11 heteroatoms. The van der Waals surface area contributed by atoms with Crippen LogP contribution in [0.2, 0.25) is 0 Å². The van der Waals surface area contributed by atoms with Crippen LogP contribution in [0.3, 0.4) is 0 Å². The summed E-state index contributed by atoms with van der Waals surface area (Å²) in [7, 11) is 3.19. The summed E-state index contributed by atoms with van der Waals surface area (Å²) in [5.74, 6) is 1.88. The molecule has 30 heavy (non-hydrogen) atoms. The van der Waals surface area contributed by atoms with Gasteiger partial charge in [-0.25, -0.2) is 15.0 Å². The lowest BCUT2D eigenvalue weighted by Crippen LogP contribution is -2.33. The van der Waals surface area contributed by atoms with Gasteiger partial charge < -0.3 is 34.8 Å². The number of aliphatic hydroxyl groups is 3. The second kappa shape index (κ2) is 8.40. The number of hydrogen-bond acceptors (Lipinski definition) is 10. The van der Waals surface area contributed by atoms with Gasteiger partial charge in [-0.1, -0.05) is 0 Å². The molecular formula is C19H23N5O6. The van der Waals surface area contributed by atoms with E-state index in [1.165, 1.54) is 17.2 Å². The van der Waals surface area contributed by atoms with Crippen LogP contribution >= 0.6 is 0 Å². The van der Waals surface area contributed by atoms with Gasteiger partial charge in [0.1, 0.15) is 36.1 Å². The van der Waals surface area contributed by atoms with Crippen LogP contribution in [0.4, 0.5) is 5.82 Å². The van der Waals surface area contributed by atoms with E-state index in [4.69, 9.17) is 14.2 Å². The molecule has 0 bridgehead atoms. The molecule has 0 aliphatic carbocycles. The van der Waals surface area contributed by atoms with Crippen LogP contribution in [-0.2, 0) is 11.3 Å². The Morgan fingerprint density at radius 1 is 1.13 bits per heavy atom. The molecule has 2 aromatic heterocycles. The van der Waals surface area contributed by atoms with E-state index in [1.807, 2.05) is 18.2 Å². The summed E-state index contributed by atoms with van der Waals surface area (Å²) < 4.78 is 17.8. The number of methoxy groups -OCH3 is 2. The molecule has 0 spiro atoms. The Labute approximate surface area is 171 Å². The smallest absolute Gasteiger partial charge is 0.167 e. The van der Waals surface area contributed by atoms with Crippen LogP contribution < -0.4 is 14.8 Å². The van der Waals surface area contributed by atoms with Gasteiger partial charge in [-0.3, -0.25) is 4.57 Å². The van der Waals surface area contributed by atoms with Crippen LogP contribution in [0.15, 0.2) is 30.9 Å². The van der Waals surface area contributed by atoms with Gasteiger partial charge in [0.15, 0.2) is 23.2 Å². The van der Waals surface area contributed by atoms with Gasteiger partial charge in [0.2, 0.25) is 0 Å². The van der Waals surface area contributed by atoms with Crippen molar-refractivity contribution in [2.45, 2.75) is 31.1 Å². The number of aromatic nitrogens is 4. The Balaban J connectivity index is 1.60.